The number of likely N-dealkylation sites (N-methyl/N-ethyl adjacent to an activating group) is 1. The van der Waals surface area contributed by atoms with Crippen molar-refractivity contribution in [3.63, 3.8) is 0 Å². The van der Waals surface area contributed by atoms with E-state index >= 15 is 0 Å². The van der Waals surface area contributed by atoms with Gasteiger partial charge in [0.15, 0.2) is 0 Å². The third-order valence-electron chi connectivity index (χ3n) is 9.42. The molecule has 0 saturated carbocycles. The van der Waals surface area contributed by atoms with Crippen LogP contribution in [0.25, 0.3) is 0 Å². The third kappa shape index (κ3) is 37.1. The van der Waals surface area contributed by atoms with E-state index in [1.807, 2.05) is 27.2 Å². The predicted molar refractivity (Wildman–Crippen MR) is 217 cm³/mol. The summed E-state index contributed by atoms with van der Waals surface area (Å²) in [4.78, 5) is 23.0. The molecule has 0 aromatic rings. The van der Waals surface area contributed by atoms with Crippen LogP contribution >= 0.6 is 7.82 Å². The van der Waals surface area contributed by atoms with Gasteiger partial charge in [-0.15, -0.1) is 0 Å². The number of unbranched alkanes of at least 4 members (excludes halogenated alkanes) is 23. The van der Waals surface area contributed by atoms with Gasteiger partial charge in [-0.05, 0) is 44.9 Å². The topological polar surface area (TPSA) is 105 Å². The molecule has 0 fully saturated rings. The first kappa shape index (κ1) is 50.0. The second kappa shape index (κ2) is 34.7. The van der Waals surface area contributed by atoms with Crippen LogP contribution in [0.2, 0.25) is 0 Å². The molecule has 0 aliphatic rings. The average Bonchev–Trinajstić information content (AvgIpc) is 3.07. The van der Waals surface area contributed by atoms with Gasteiger partial charge in [0.05, 0.1) is 39.9 Å². The molecule has 0 radical (unpaired) electrons. The zero-order valence-corrected chi connectivity index (χ0v) is 35.0. The molecule has 0 heterocycles. The van der Waals surface area contributed by atoms with E-state index in [4.69, 9.17) is 9.05 Å². The van der Waals surface area contributed by atoms with Crippen molar-refractivity contribution < 1.29 is 32.9 Å². The van der Waals surface area contributed by atoms with Gasteiger partial charge in [0.25, 0.3) is 0 Å². The van der Waals surface area contributed by atoms with Crippen LogP contribution in [0.1, 0.15) is 187 Å². The number of aliphatic hydroxyl groups excluding tert-OH is 1. The Morgan fingerprint density at radius 2 is 1.06 bits per heavy atom. The van der Waals surface area contributed by atoms with Crippen LogP contribution in [-0.2, 0) is 18.4 Å². The molecule has 0 aromatic carbocycles. The first-order valence-electron chi connectivity index (χ1n) is 21.2. The molecule has 0 spiro atoms. The van der Waals surface area contributed by atoms with Gasteiger partial charge in [0.2, 0.25) is 5.91 Å². The lowest BCUT2D eigenvalue weighted by atomic mass is 10.1. The van der Waals surface area contributed by atoms with Gasteiger partial charge in [-0.2, -0.15) is 0 Å². The largest absolute Gasteiger partial charge is 0.472 e. The highest BCUT2D eigenvalue weighted by Crippen LogP contribution is 2.43. The van der Waals surface area contributed by atoms with Gasteiger partial charge in [-0.25, -0.2) is 4.57 Å². The van der Waals surface area contributed by atoms with E-state index in [0.29, 0.717) is 17.4 Å². The summed E-state index contributed by atoms with van der Waals surface area (Å²) in [6, 6.07) is -0.844. The number of aliphatic hydroxyl groups is 1. The molecule has 1 amide bonds. The van der Waals surface area contributed by atoms with Gasteiger partial charge in [-0.1, -0.05) is 160 Å². The number of rotatable bonds is 38. The molecular formula is C42H84N2O6P+. The highest BCUT2D eigenvalue weighted by atomic mass is 31.2. The van der Waals surface area contributed by atoms with E-state index in [9.17, 15) is 19.4 Å². The zero-order chi connectivity index (χ0) is 37.9. The number of phosphoric ester groups is 1. The maximum absolute atomic E-state index is 12.8. The van der Waals surface area contributed by atoms with Crippen molar-refractivity contribution in [1.29, 1.82) is 0 Å². The molecule has 51 heavy (non-hydrogen) atoms. The minimum atomic E-state index is -4.33. The lowest BCUT2D eigenvalue weighted by molar-refractivity contribution is -0.870. The van der Waals surface area contributed by atoms with Gasteiger partial charge in [0, 0.05) is 6.42 Å². The molecule has 9 heteroatoms. The standard InChI is InChI=1S/C42H83N2O6P/c1-6-8-10-12-14-16-18-19-20-21-22-23-24-26-28-30-32-34-36-42(46)43-40(39-50-51(47,48)49-38-37-44(3,4)5)41(45)35-33-31-29-27-25-17-15-13-11-9-7-2/h20-21,33,35,40-41,45H,6-19,22-32,34,36-39H2,1-5H3,(H-,43,46,47,48)/p+1/b21-20-,35-33+. The highest BCUT2D eigenvalue weighted by Gasteiger charge is 2.27. The minimum Gasteiger partial charge on any atom is -0.387 e. The molecule has 3 atom stereocenters. The Bertz CT molecular complexity index is 891. The van der Waals surface area contributed by atoms with Crippen LogP contribution in [0.3, 0.4) is 0 Å². The monoisotopic (exact) mass is 744 g/mol. The predicted octanol–water partition coefficient (Wildman–Crippen LogP) is 11.4. The number of carbonyl (C=O) groups is 1. The first-order valence-corrected chi connectivity index (χ1v) is 22.7. The fourth-order valence-electron chi connectivity index (χ4n) is 5.98. The van der Waals surface area contributed by atoms with E-state index in [2.05, 4.69) is 31.3 Å². The van der Waals surface area contributed by atoms with Crippen molar-refractivity contribution in [2.45, 2.75) is 199 Å². The number of allylic oxidation sites excluding steroid dienone is 3. The second-order valence-corrected chi connectivity index (χ2v) is 17.2. The quantitative estimate of drug-likeness (QED) is 0.0252. The summed E-state index contributed by atoms with van der Waals surface area (Å²) >= 11 is 0. The van der Waals surface area contributed by atoms with Crippen LogP contribution in [0.5, 0.6) is 0 Å². The smallest absolute Gasteiger partial charge is 0.387 e. The van der Waals surface area contributed by atoms with Crippen molar-refractivity contribution in [1.82, 2.24) is 5.32 Å². The SMILES string of the molecule is CCCCCCCCC/C=C\CCCCCCCCCC(=O)NC(COP(=O)(O)OCC[N+](C)(C)C)C(O)/C=C/CCCCCCCCCCC. The van der Waals surface area contributed by atoms with Crippen molar-refractivity contribution >= 4 is 13.7 Å². The number of quaternary nitrogens is 1. The molecule has 0 bridgehead atoms. The molecule has 3 unspecified atom stereocenters. The van der Waals surface area contributed by atoms with Crippen molar-refractivity contribution in [2.75, 3.05) is 40.9 Å². The summed E-state index contributed by atoms with van der Waals surface area (Å²) in [5.74, 6) is -0.183. The molecule has 0 rings (SSSR count). The summed E-state index contributed by atoms with van der Waals surface area (Å²) in [5, 5.41) is 13.8. The molecular weight excluding hydrogens is 659 g/mol. The second-order valence-electron chi connectivity index (χ2n) is 15.7. The van der Waals surface area contributed by atoms with Crippen LogP contribution in [0.4, 0.5) is 0 Å². The molecule has 0 aliphatic carbocycles. The van der Waals surface area contributed by atoms with E-state index in [1.165, 1.54) is 128 Å². The maximum Gasteiger partial charge on any atom is 0.472 e. The number of nitrogens with zero attached hydrogens (tertiary/aromatic N) is 1. The van der Waals surface area contributed by atoms with E-state index in [-0.39, 0.29) is 19.1 Å². The summed E-state index contributed by atoms with van der Waals surface area (Å²) < 4.78 is 23.5. The van der Waals surface area contributed by atoms with Gasteiger partial charge < -0.3 is 19.8 Å². The Morgan fingerprint density at radius 3 is 1.51 bits per heavy atom. The molecule has 0 aliphatic heterocycles. The lowest BCUT2D eigenvalue weighted by Gasteiger charge is -2.25. The van der Waals surface area contributed by atoms with Crippen molar-refractivity contribution in [2.24, 2.45) is 0 Å². The number of nitrogens with one attached hydrogen (secondary N) is 1. The van der Waals surface area contributed by atoms with Crippen LogP contribution in [-0.4, -0.2) is 73.4 Å². The Kier molecular flexibility index (Phi) is 34.0. The van der Waals surface area contributed by atoms with E-state index in [1.54, 1.807) is 6.08 Å². The van der Waals surface area contributed by atoms with Crippen molar-refractivity contribution in [3.8, 4) is 0 Å². The van der Waals surface area contributed by atoms with Gasteiger partial charge >= 0.3 is 7.82 Å². The summed E-state index contributed by atoms with van der Waals surface area (Å²) in [6.07, 6.45) is 39.5. The normalized spacial score (nSPS) is 14.7. The number of hydrogen-bond donors (Lipinski definition) is 3. The highest BCUT2D eigenvalue weighted by molar-refractivity contribution is 7.47. The summed E-state index contributed by atoms with van der Waals surface area (Å²) in [6.45, 7) is 4.79. The first-order chi connectivity index (χ1) is 24.5. The number of amides is 1. The van der Waals surface area contributed by atoms with E-state index < -0.39 is 20.0 Å². The number of phosphoric acid groups is 1. The summed E-state index contributed by atoms with van der Waals surface area (Å²) in [5.41, 5.74) is 0. The minimum absolute atomic E-state index is 0.0614. The van der Waals surface area contributed by atoms with Crippen molar-refractivity contribution in [3.05, 3.63) is 24.3 Å². The van der Waals surface area contributed by atoms with Gasteiger partial charge in [-0.3, -0.25) is 13.8 Å². The average molecular weight is 744 g/mol. The molecule has 0 saturated heterocycles. The molecule has 8 nitrogen and oxygen atoms in total. The Labute approximate surface area is 315 Å². The Balaban J connectivity index is 4.40. The fraction of sp³-hybridized carbons (Fsp3) is 0.881. The summed E-state index contributed by atoms with van der Waals surface area (Å²) in [7, 11) is 1.57. The van der Waals surface area contributed by atoms with Gasteiger partial charge in [0.1, 0.15) is 13.2 Å². The Hall–Kier alpha value is -1.02. The lowest BCUT2D eigenvalue weighted by Crippen LogP contribution is -2.45. The fourth-order valence-corrected chi connectivity index (χ4v) is 6.71. The third-order valence-corrected chi connectivity index (χ3v) is 10.4. The molecule has 3 N–H and O–H groups in total. The molecule has 302 valence electrons. The number of carbonyl (C=O) groups excluding carboxylic acids is 1. The molecule has 0 aromatic heterocycles. The van der Waals surface area contributed by atoms with Crippen LogP contribution < -0.4 is 5.32 Å². The number of hydrogen-bond acceptors (Lipinski definition) is 5. The Morgan fingerprint density at radius 1 is 0.647 bits per heavy atom. The maximum atomic E-state index is 12.8. The van der Waals surface area contributed by atoms with E-state index in [0.717, 1.165) is 38.5 Å². The van der Waals surface area contributed by atoms with Crippen LogP contribution in [0.15, 0.2) is 24.3 Å². The zero-order valence-electron chi connectivity index (χ0n) is 34.1. The van der Waals surface area contributed by atoms with Crippen LogP contribution in [0, 0.1) is 0 Å².